The van der Waals surface area contributed by atoms with Crippen molar-refractivity contribution in [2.24, 2.45) is 0 Å². The molecular formula is C23H21N3O2S. The Morgan fingerprint density at radius 3 is 2.66 bits per heavy atom. The number of carbonyl (C=O) groups is 2. The molecule has 0 saturated heterocycles. The van der Waals surface area contributed by atoms with Crippen LogP contribution in [0.5, 0.6) is 0 Å². The van der Waals surface area contributed by atoms with Gasteiger partial charge in [0.2, 0.25) is 5.91 Å². The van der Waals surface area contributed by atoms with E-state index in [1.165, 1.54) is 11.8 Å². The van der Waals surface area contributed by atoms with E-state index in [2.05, 4.69) is 10.3 Å². The number of fused-ring (bicyclic) bond motifs is 2. The number of amides is 2. The maximum absolute atomic E-state index is 13.2. The number of rotatable bonds is 5. The summed E-state index contributed by atoms with van der Waals surface area (Å²) in [7, 11) is 0. The SMILES string of the molecule is CC(NC(=O)CCN1C(=O)c2ccccc2Sc2ncccc21)c1ccccc1. The van der Waals surface area contributed by atoms with Crippen molar-refractivity contribution in [3.8, 4) is 0 Å². The average molecular weight is 404 g/mol. The van der Waals surface area contributed by atoms with Gasteiger partial charge >= 0.3 is 0 Å². The first-order valence-corrected chi connectivity index (χ1v) is 10.3. The third-order valence-corrected chi connectivity index (χ3v) is 5.93. The molecule has 3 aromatic rings. The van der Waals surface area contributed by atoms with Gasteiger partial charge < -0.3 is 10.2 Å². The van der Waals surface area contributed by atoms with E-state index < -0.39 is 0 Å². The van der Waals surface area contributed by atoms with E-state index >= 15 is 0 Å². The molecule has 1 atom stereocenters. The molecule has 6 heteroatoms. The molecule has 2 amide bonds. The van der Waals surface area contributed by atoms with Gasteiger partial charge in [-0.3, -0.25) is 9.59 Å². The van der Waals surface area contributed by atoms with Gasteiger partial charge in [-0.15, -0.1) is 0 Å². The van der Waals surface area contributed by atoms with Crippen LogP contribution in [0.15, 0.2) is 82.8 Å². The Kier molecular flexibility index (Phi) is 5.62. The number of carbonyl (C=O) groups excluding carboxylic acids is 2. The van der Waals surface area contributed by atoms with Crippen LogP contribution in [0, 0.1) is 0 Å². The highest BCUT2D eigenvalue weighted by Crippen LogP contribution is 2.39. The number of hydrogen-bond acceptors (Lipinski definition) is 4. The number of benzene rings is 2. The molecule has 1 aromatic heterocycles. The Hall–Kier alpha value is -3.12. The third-order valence-electron chi connectivity index (χ3n) is 4.85. The van der Waals surface area contributed by atoms with E-state index in [1.807, 2.05) is 73.7 Å². The molecule has 1 aliphatic heterocycles. The number of aromatic nitrogens is 1. The minimum absolute atomic E-state index is 0.0891. The highest BCUT2D eigenvalue weighted by Gasteiger charge is 2.28. The molecule has 5 nitrogen and oxygen atoms in total. The van der Waals surface area contributed by atoms with E-state index in [9.17, 15) is 9.59 Å². The van der Waals surface area contributed by atoms with Crippen LogP contribution in [0.1, 0.15) is 35.3 Å². The van der Waals surface area contributed by atoms with E-state index in [4.69, 9.17) is 0 Å². The fourth-order valence-corrected chi connectivity index (χ4v) is 4.35. The molecule has 0 bridgehead atoms. The number of nitrogens with zero attached hydrogens (tertiary/aromatic N) is 2. The van der Waals surface area contributed by atoms with Gasteiger partial charge in [-0.05, 0) is 36.8 Å². The van der Waals surface area contributed by atoms with Crippen molar-refractivity contribution in [1.82, 2.24) is 10.3 Å². The lowest BCUT2D eigenvalue weighted by Crippen LogP contribution is -2.36. The molecule has 0 spiro atoms. The summed E-state index contributed by atoms with van der Waals surface area (Å²) >= 11 is 1.48. The van der Waals surface area contributed by atoms with Crippen LogP contribution in [0.25, 0.3) is 0 Å². The average Bonchev–Trinajstić information content (AvgIpc) is 2.87. The summed E-state index contributed by atoms with van der Waals surface area (Å²) in [5.41, 5.74) is 2.42. The van der Waals surface area contributed by atoms with Gasteiger partial charge in [-0.1, -0.05) is 54.2 Å². The van der Waals surface area contributed by atoms with Crippen molar-refractivity contribution in [3.63, 3.8) is 0 Å². The monoisotopic (exact) mass is 403 g/mol. The molecule has 0 aliphatic carbocycles. The second-order valence-corrected chi connectivity index (χ2v) is 7.86. The first-order valence-electron chi connectivity index (χ1n) is 9.51. The zero-order valence-corrected chi connectivity index (χ0v) is 16.9. The zero-order chi connectivity index (χ0) is 20.2. The topological polar surface area (TPSA) is 62.3 Å². The van der Waals surface area contributed by atoms with E-state index in [1.54, 1.807) is 11.1 Å². The number of hydrogen-bond donors (Lipinski definition) is 1. The first kappa shape index (κ1) is 19.2. The molecule has 146 valence electrons. The van der Waals surface area contributed by atoms with Crippen LogP contribution in [-0.4, -0.2) is 23.3 Å². The lowest BCUT2D eigenvalue weighted by molar-refractivity contribution is -0.121. The maximum atomic E-state index is 13.2. The molecular weight excluding hydrogens is 382 g/mol. The Labute approximate surface area is 174 Å². The highest BCUT2D eigenvalue weighted by molar-refractivity contribution is 7.99. The Morgan fingerprint density at radius 1 is 1.07 bits per heavy atom. The number of nitrogens with one attached hydrogen (secondary N) is 1. The Morgan fingerprint density at radius 2 is 1.83 bits per heavy atom. The second kappa shape index (κ2) is 8.49. The van der Waals surface area contributed by atoms with Crippen LogP contribution < -0.4 is 10.2 Å². The molecule has 1 unspecified atom stereocenters. The standard InChI is InChI=1S/C23H21N3O2S/c1-16(17-8-3-2-4-9-17)25-21(27)13-15-26-19-11-7-14-24-22(19)29-20-12-6-5-10-18(20)23(26)28/h2-12,14,16H,13,15H2,1H3,(H,25,27). The molecule has 0 radical (unpaired) electrons. The quantitative estimate of drug-likeness (QED) is 0.683. The fourth-order valence-electron chi connectivity index (χ4n) is 3.33. The predicted molar refractivity (Wildman–Crippen MR) is 114 cm³/mol. The van der Waals surface area contributed by atoms with Crippen molar-refractivity contribution in [2.75, 3.05) is 11.4 Å². The number of pyridine rings is 1. The van der Waals surface area contributed by atoms with E-state index in [-0.39, 0.29) is 24.3 Å². The lowest BCUT2D eigenvalue weighted by Gasteiger charge is -2.23. The van der Waals surface area contributed by atoms with Gasteiger partial charge in [0.15, 0.2) is 0 Å². The van der Waals surface area contributed by atoms with Crippen molar-refractivity contribution in [3.05, 3.63) is 84.1 Å². The summed E-state index contributed by atoms with van der Waals surface area (Å²) in [4.78, 5) is 32.7. The van der Waals surface area contributed by atoms with E-state index in [0.29, 0.717) is 12.1 Å². The fraction of sp³-hybridized carbons (Fsp3) is 0.174. The smallest absolute Gasteiger partial charge is 0.259 e. The third kappa shape index (κ3) is 4.17. The molecule has 1 N–H and O–H groups in total. The lowest BCUT2D eigenvalue weighted by atomic mass is 10.1. The summed E-state index contributed by atoms with van der Waals surface area (Å²) in [5.74, 6) is -0.200. The van der Waals surface area contributed by atoms with Crippen LogP contribution >= 0.6 is 11.8 Å². The summed E-state index contributed by atoms with van der Waals surface area (Å²) < 4.78 is 0. The summed E-state index contributed by atoms with van der Waals surface area (Å²) in [6, 6.07) is 20.9. The predicted octanol–water partition coefficient (Wildman–Crippen LogP) is 4.46. The van der Waals surface area contributed by atoms with Gasteiger partial charge in [-0.25, -0.2) is 4.98 Å². The molecule has 29 heavy (non-hydrogen) atoms. The molecule has 2 heterocycles. The minimum atomic E-state index is -0.108. The maximum Gasteiger partial charge on any atom is 0.259 e. The van der Waals surface area contributed by atoms with Crippen LogP contribution in [0.2, 0.25) is 0 Å². The summed E-state index contributed by atoms with van der Waals surface area (Å²) in [6.07, 6.45) is 1.93. The molecule has 1 aliphatic rings. The second-order valence-electron chi connectivity index (χ2n) is 6.83. The Bertz CT molecular complexity index is 1040. The summed E-state index contributed by atoms with van der Waals surface area (Å²) in [6.45, 7) is 2.25. The summed E-state index contributed by atoms with van der Waals surface area (Å²) in [5, 5.41) is 3.78. The van der Waals surface area contributed by atoms with Gasteiger partial charge in [0.25, 0.3) is 5.91 Å². The van der Waals surface area contributed by atoms with Gasteiger partial charge in [-0.2, -0.15) is 0 Å². The first-order chi connectivity index (χ1) is 14.1. The minimum Gasteiger partial charge on any atom is -0.350 e. The van der Waals surface area contributed by atoms with Crippen LogP contribution in [0.3, 0.4) is 0 Å². The highest BCUT2D eigenvalue weighted by atomic mass is 32.2. The van der Waals surface area contributed by atoms with Gasteiger partial charge in [0.1, 0.15) is 5.03 Å². The number of anilines is 1. The van der Waals surface area contributed by atoms with E-state index in [0.717, 1.165) is 21.2 Å². The molecule has 2 aromatic carbocycles. The molecule has 0 fully saturated rings. The van der Waals surface area contributed by atoms with Crippen LogP contribution in [0.4, 0.5) is 5.69 Å². The van der Waals surface area contributed by atoms with Crippen molar-refractivity contribution in [1.29, 1.82) is 0 Å². The molecule has 4 rings (SSSR count). The molecule has 0 saturated carbocycles. The Balaban J connectivity index is 1.51. The zero-order valence-electron chi connectivity index (χ0n) is 16.0. The largest absolute Gasteiger partial charge is 0.350 e. The van der Waals surface area contributed by atoms with Crippen LogP contribution in [-0.2, 0) is 4.79 Å². The van der Waals surface area contributed by atoms with Crippen molar-refractivity contribution >= 4 is 29.3 Å². The van der Waals surface area contributed by atoms with Gasteiger partial charge in [0.05, 0.1) is 17.3 Å². The normalized spacial score (nSPS) is 13.8. The van der Waals surface area contributed by atoms with Gasteiger partial charge in [0, 0.05) is 24.1 Å². The van der Waals surface area contributed by atoms with Crippen molar-refractivity contribution < 1.29 is 9.59 Å². The van der Waals surface area contributed by atoms with Crippen molar-refractivity contribution in [2.45, 2.75) is 29.3 Å².